The molecule has 6 heteroatoms. The largest absolute Gasteiger partial charge is 0.466 e. The summed E-state index contributed by atoms with van der Waals surface area (Å²) in [6.45, 7) is 4.86. The molecule has 0 saturated carbocycles. The van der Waals surface area contributed by atoms with Gasteiger partial charge in [-0.05, 0) is 89.9 Å². The van der Waals surface area contributed by atoms with Crippen LogP contribution in [0.5, 0.6) is 0 Å². The van der Waals surface area contributed by atoms with Crippen LogP contribution in [-0.2, 0) is 14.3 Å². The van der Waals surface area contributed by atoms with Gasteiger partial charge in [0.05, 0.1) is 25.4 Å². The van der Waals surface area contributed by atoms with Gasteiger partial charge in [-0.3, -0.25) is 9.59 Å². The number of carbonyl (C=O) groups excluding carboxylic acids is 2. The second-order valence-electron chi connectivity index (χ2n) is 20.7. The molecule has 0 aromatic heterocycles. The maximum Gasteiger partial charge on any atom is 0.305 e. The third-order valence-corrected chi connectivity index (χ3v) is 13.8. The van der Waals surface area contributed by atoms with Gasteiger partial charge in [0.25, 0.3) is 0 Å². The SMILES string of the molecule is CCCCCCCCC/C=C\CCCCCCCCCC(=O)OCCCCC/C=C\C=C/CCCCCCCCCCCCC(=O)NC(CO)C(O)/C=C/CCCCCCCCCCCCCCC. The van der Waals surface area contributed by atoms with E-state index in [4.69, 9.17) is 4.74 Å². The number of hydrogen-bond acceptors (Lipinski definition) is 5. The van der Waals surface area contributed by atoms with Gasteiger partial charge in [-0.2, -0.15) is 0 Å². The first-order valence-electron chi connectivity index (χ1n) is 30.4. The van der Waals surface area contributed by atoms with Crippen LogP contribution in [0, 0.1) is 0 Å². The molecule has 0 aliphatic heterocycles. The Labute approximate surface area is 429 Å². The Hall–Kier alpha value is -2.18. The van der Waals surface area contributed by atoms with Crippen molar-refractivity contribution in [1.29, 1.82) is 0 Å². The number of aliphatic hydroxyl groups is 2. The lowest BCUT2D eigenvalue weighted by molar-refractivity contribution is -0.143. The van der Waals surface area contributed by atoms with Crippen LogP contribution in [0.1, 0.15) is 316 Å². The van der Waals surface area contributed by atoms with Crippen LogP contribution < -0.4 is 5.32 Å². The Kier molecular flexibility index (Phi) is 56.5. The fourth-order valence-corrected chi connectivity index (χ4v) is 9.15. The summed E-state index contributed by atoms with van der Waals surface area (Å²) in [6, 6.07) is -0.636. The second kappa shape index (κ2) is 58.4. The van der Waals surface area contributed by atoms with Crippen molar-refractivity contribution in [3.8, 4) is 0 Å². The number of carbonyl (C=O) groups is 2. The molecule has 0 aromatic carbocycles. The van der Waals surface area contributed by atoms with E-state index >= 15 is 0 Å². The van der Waals surface area contributed by atoms with Gasteiger partial charge in [0, 0.05) is 12.8 Å². The van der Waals surface area contributed by atoms with Crippen molar-refractivity contribution < 1.29 is 24.5 Å². The van der Waals surface area contributed by atoms with Crippen molar-refractivity contribution in [2.75, 3.05) is 13.2 Å². The summed E-state index contributed by atoms with van der Waals surface area (Å²) in [5.41, 5.74) is 0. The van der Waals surface area contributed by atoms with E-state index in [1.165, 1.54) is 212 Å². The molecule has 69 heavy (non-hydrogen) atoms. The van der Waals surface area contributed by atoms with Crippen molar-refractivity contribution in [3.05, 3.63) is 48.6 Å². The molecule has 0 heterocycles. The highest BCUT2D eigenvalue weighted by Gasteiger charge is 2.18. The van der Waals surface area contributed by atoms with Crippen LogP contribution in [0.25, 0.3) is 0 Å². The number of allylic oxidation sites excluding steroid dienone is 7. The van der Waals surface area contributed by atoms with Crippen molar-refractivity contribution >= 4 is 11.9 Å². The minimum atomic E-state index is -0.852. The fourth-order valence-electron chi connectivity index (χ4n) is 9.15. The number of nitrogens with one attached hydrogen (secondary N) is 1. The Morgan fingerprint density at radius 1 is 0.406 bits per heavy atom. The van der Waals surface area contributed by atoms with Crippen LogP contribution in [0.2, 0.25) is 0 Å². The summed E-state index contributed by atoms with van der Waals surface area (Å²) in [6.07, 6.45) is 74.3. The van der Waals surface area contributed by atoms with E-state index in [1.807, 2.05) is 6.08 Å². The van der Waals surface area contributed by atoms with Gasteiger partial charge in [-0.15, -0.1) is 0 Å². The number of rotatable bonds is 56. The molecule has 0 spiro atoms. The molecule has 0 rings (SSSR count). The van der Waals surface area contributed by atoms with Gasteiger partial charge in [-0.1, -0.05) is 262 Å². The van der Waals surface area contributed by atoms with Gasteiger partial charge in [-0.25, -0.2) is 0 Å². The van der Waals surface area contributed by atoms with E-state index in [2.05, 4.69) is 55.6 Å². The first-order chi connectivity index (χ1) is 34.0. The molecule has 6 nitrogen and oxygen atoms in total. The van der Waals surface area contributed by atoms with Crippen LogP contribution in [-0.4, -0.2) is 47.4 Å². The standard InChI is InChI=1S/C63H117NO5/c1-3-5-7-9-11-13-15-17-19-20-25-29-33-37-41-45-49-53-57-63(68)69-58-54-50-46-42-38-34-30-26-23-21-22-24-28-32-36-40-44-48-52-56-62(67)64-60(59-65)61(66)55-51-47-43-39-35-31-27-18-16-14-12-10-8-6-4-2/h19-20,26,30,34,38,51,55,60-61,65-66H,3-18,21-25,27-29,31-33,35-37,39-50,52-54,56-59H2,1-2H3,(H,64,67)/b20-19-,30-26-,38-34-,55-51+. The first kappa shape index (κ1) is 66.8. The van der Waals surface area contributed by atoms with Gasteiger partial charge < -0.3 is 20.3 Å². The van der Waals surface area contributed by atoms with E-state index in [0.29, 0.717) is 19.4 Å². The number of amides is 1. The highest BCUT2D eigenvalue weighted by atomic mass is 16.5. The molecular formula is C63H117NO5. The minimum Gasteiger partial charge on any atom is -0.466 e. The van der Waals surface area contributed by atoms with E-state index in [-0.39, 0.29) is 18.5 Å². The molecule has 0 aliphatic rings. The highest BCUT2D eigenvalue weighted by Crippen LogP contribution is 2.16. The Balaban J connectivity index is 3.49. The maximum atomic E-state index is 12.5. The zero-order valence-corrected chi connectivity index (χ0v) is 46.0. The zero-order valence-electron chi connectivity index (χ0n) is 46.0. The lowest BCUT2D eigenvalue weighted by atomic mass is 10.0. The monoisotopic (exact) mass is 968 g/mol. The van der Waals surface area contributed by atoms with Gasteiger partial charge in [0.1, 0.15) is 0 Å². The molecule has 3 N–H and O–H groups in total. The molecule has 2 unspecified atom stereocenters. The summed E-state index contributed by atoms with van der Waals surface area (Å²) in [4.78, 5) is 24.5. The topological polar surface area (TPSA) is 95.9 Å². The van der Waals surface area contributed by atoms with Crippen LogP contribution in [0.4, 0.5) is 0 Å². The molecule has 0 aliphatic carbocycles. The molecule has 404 valence electrons. The third kappa shape index (κ3) is 55.0. The maximum absolute atomic E-state index is 12.5. The number of aliphatic hydroxyl groups excluding tert-OH is 2. The van der Waals surface area contributed by atoms with Gasteiger partial charge in [0.2, 0.25) is 5.91 Å². The third-order valence-electron chi connectivity index (χ3n) is 13.8. The molecule has 1 amide bonds. The zero-order chi connectivity index (χ0) is 50.0. The van der Waals surface area contributed by atoms with Crippen LogP contribution in [0.3, 0.4) is 0 Å². The lowest BCUT2D eigenvalue weighted by Gasteiger charge is -2.20. The first-order valence-corrected chi connectivity index (χ1v) is 30.4. The summed E-state index contributed by atoms with van der Waals surface area (Å²) >= 11 is 0. The van der Waals surface area contributed by atoms with Gasteiger partial charge in [0.15, 0.2) is 0 Å². The van der Waals surface area contributed by atoms with Crippen molar-refractivity contribution in [2.24, 2.45) is 0 Å². The number of hydrogen-bond donors (Lipinski definition) is 3. The van der Waals surface area contributed by atoms with Crippen molar-refractivity contribution in [3.63, 3.8) is 0 Å². The van der Waals surface area contributed by atoms with Crippen LogP contribution >= 0.6 is 0 Å². The van der Waals surface area contributed by atoms with Crippen molar-refractivity contribution in [1.82, 2.24) is 5.32 Å². The Morgan fingerprint density at radius 2 is 0.725 bits per heavy atom. The van der Waals surface area contributed by atoms with E-state index < -0.39 is 12.1 Å². The predicted molar refractivity (Wildman–Crippen MR) is 301 cm³/mol. The average Bonchev–Trinajstić information content (AvgIpc) is 3.35. The molecular weight excluding hydrogens is 851 g/mol. The fraction of sp³-hybridized carbons (Fsp3) is 0.841. The quantitative estimate of drug-likeness (QED) is 0.0244. The van der Waals surface area contributed by atoms with Crippen LogP contribution in [0.15, 0.2) is 48.6 Å². The normalized spacial score (nSPS) is 12.9. The molecule has 2 atom stereocenters. The average molecular weight is 969 g/mol. The summed E-state index contributed by atoms with van der Waals surface area (Å²) in [5, 5.41) is 23.1. The highest BCUT2D eigenvalue weighted by molar-refractivity contribution is 5.76. The summed E-state index contributed by atoms with van der Waals surface area (Å²) < 4.78 is 5.46. The molecule has 0 saturated heterocycles. The smallest absolute Gasteiger partial charge is 0.305 e. The molecule has 0 aromatic rings. The predicted octanol–water partition coefficient (Wildman–Crippen LogP) is 19.0. The second-order valence-corrected chi connectivity index (χ2v) is 20.7. The lowest BCUT2D eigenvalue weighted by Crippen LogP contribution is -2.45. The number of unbranched alkanes of at least 4 members (excludes halogenated alkanes) is 40. The Bertz CT molecular complexity index is 1160. The van der Waals surface area contributed by atoms with E-state index in [0.717, 1.165) is 77.0 Å². The summed E-state index contributed by atoms with van der Waals surface area (Å²) in [7, 11) is 0. The minimum absolute atomic E-state index is 0.0173. The Morgan fingerprint density at radius 3 is 1.12 bits per heavy atom. The summed E-state index contributed by atoms with van der Waals surface area (Å²) in [5.74, 6) is -0.0950. The number of ether oxygens (including phenoxy) is 1. The number of esters is 1. The van der Waals surface area contributed by atoms with Crippen molar-refractivity contribution in [2.45, 2.75) is 328 Å². The van der Waals surface area contributed by atoms with E-state index in [1.54, 1.807) is 6.08 Å². The molecule has 0 fully saturated rings. The molecule has 0 bridgehead atoms. The molecule has 0 radical (unpaired) electrons. The van der Waals surface area contributed by atoms with Gasteiger partial charge >= 0.3 is 5.97 Å². The van der Waals surface area contributed by atoms with E-state index in [9.17, 15) is 19.8 Å².